The van der Waals surface area contributed by atoms with Gasteiger partial charge < -0.3 is 10.0 Å². The first-order valence-electron chi connectivity index (χ1n) is 10.2. The molecule has 7 nitrogen and oxygen atoms in total. The minimum Gasteiger partial charge on any atom is -0.480 e. The Balaban J connectivity index is 1.66. The molecule has 1 atom stereocenters. The number of carboxylic acids is 1. The molecule has 27 heavy (non-hydrogen) atoms. The van der Waals surface area contributed by atoms with Crippen LogP contribution in [0.15, 0.2) is 12.4 Å². The van der Waals surface area contributed by atoms with Gasteiger partial charge in [0.05, 0.1) is 12.7 Å². The lowest BCUT2D eigenvalue weighted by atomic mass is 9.93. The fourth-order valence-corrected chi connectivity index (χ4v) is 4.25. The summed E-state index contributed by atoms with van der Waals surface area (Å²) in [5.74, 6) is -0.290. The van der Waals surface area contributed by atoms with Crippen LogP contribution in [0, 0.1) is 5.92 Å². The van der Waals surface area contributed by atoms with Gasteiger partial charge in [0.15, 0.2) is 0 Å². The van der Waals surface area contributed by atoms with Crippen LogP contribution < -0.4 is 0 Å². The van der Waals surface area contributed by atoms with Crippen LogP contribution >= 0.6 is 0 Å². The molecule has 1 aliphatic carbocycles. The number of nitrogens with zero attached hydrogens (tertiary/aromatic N) is 4. The molecule has 0 spiro atoms. The maximum absolute atomic E-state index is 12.7. The minimum atomic E-state index is -0.919. The number of amides is 1. The quantitative estimate of drug-likeness (QED) is 0.791. The van der Waals surface area contributed by atoms with E-state index in [0.717, 1.165) is 25.8 Å². The SMILES string of the molecule is CC(C)CCn1cc([C@@H](C(=O)O)N2CCN(C3CCCCC3)C(=O)C2)cn1. The molecule has 1 N–H and O–H groups in total. The molecule has 1 amide bonds. The second-order valence-corrected chi connectivity index (χ2v) is 8.31. The molecule has 0 bridgehead atoms. The van der Waals surface area contributed by atoms with Crippen molar-refractivity contribution < 1.29 is 14.7 Å². The topological polar surface area (TPSA) is 78.7 Å². The van der Waals surface area contributed by atoms with Gasteiger partial charge in [-0.15, -0.1) is 0 Å². The zero-order valence-corrected chi connectivity index (χ0v) is 16.5. The van der Waals surface area contributed by atoms with E-state index in [1.54, 1.807) is 11.1 Å². The summed E-state index contributed by atoms with van der Waals surface area (Å²) < 4.78 is 1.81. The van der Waals surface area contributed by atoms with Crippen molar-refractivity contribution in [3.63, 3.8) is 0 Å². The number of piperazine rings is 1. The lowest BCUT2D eigenvalue weighted by Crippen LogP contribution is -2.55. The summed E-state index contributed by atoms with van der Waals surface area (Å²) in [6.45, 7) is 6.47. The van der Waals surface area contributed by atoms with Gasteiger partial charge in [0.25, 0.3) is 0 Å². The van der Waals surface area contributed by atoms with Crippen LogP contribution in [0.1, 0.15) is 64.0 Å². The molecule has 2 fully saturated rings. The van der Waals surface area contributed by atoms with Crippen LogP contribution in [-0.4, -0.2) is 62.2 Å². The zero-order chi connectivity index (χ0) is 19.4. The van der Waals surface area contributed by atoms with Crippen LogP contribution in [0.4, 0.5) is 0 Å². The second kappa shape index (κ2) is 8.87. The van der Waals surface area contributed by atoms with E-state index in [4.69, 9.17) is 0 Å². The lowest BCUT2D eigenvalue weighted by Gasteiger charge is -2.42. The van der Waals surface area contributed by atoms with Crippen molar-refractivity contribution in [1.82, 2.24) is 19.6 Å². The molecular weight excluding hydrogens is 344 g/mol. The molecule has 1 aliphatic heterocycles. The molecule has 0 unspecified atom stereocenters. The number of carboxylic acid groups (broad SMARTS) is 1. The number of aliphatic carboxylic acids is 1. The van der Waals surface area contributed by atoms with Crippen molar-refractivity contribution >= 4 is 11.9 Å². The maximum Gasteiger partial charge on any atom is 0.325 e. The van der Waals surface area contributed by atoms with E-state index >= 15 is 0 Å². The summed E-state index contributed by atoms with van der Waals surface area (Å²) in [6, 6.07) is -0.467. The van der Waals surface area contributed by atoms with Gasteiger partial charge in [-0.2, -0.15) is 5.10 Å². The highest BCUT2D eigenvalue weighted by Crippen LogP contribution is 2.27. The van der Waals surface area contributed by atoms with Crippen molar-refractivity contribution in [2.24, 2.45) is 5.92 Å². The summed E-state index contributed by atoms with van der Waals surface area (Å²) in [5, 5.41) is 14.1. The van der Waals surface area contributed by atoms with Gasteiger partial charge >= 0.3 is 5.97 Å². The highest BCUT2D eigenvalue weighted by atomic mass is 16.4. The smallest absolute Gasteiger partial charge is 0.325 e. The molecule has 2 heterocycles. The number of rotatable bonds is 7. The third kappa shape index (κ3) is 4.89. The number of hydrogen-bond acceptors (Lipinski definition) is 4. The third-order valence-electron chi connectivity index (χ3n) is 5.81. The highest BCUT2D eigenvalue weighted by Gasteiger charge is 2.36. The van der Waals surface area contributed by atoms with E-state index in [2.05, 4.69) is 18.9 Å². The van der Waals surface area contributed by atoms with Gasteiger partial charge in [-0.3, -0.25) is 19.2 Å². The van der Waals surface area contributed by atoms with E-state index in [0.29, 0.717) is 30.6 Å². The Morgan fingerprint density at radius 1 is 1.26 bits per heavy atom. The molecule has 3 rings (SSSR count). The monoisotopic (exact) mass is 376 g/mol. The Bertz CT molecular complexity index is 651. The number of carbonyl (C=O) groups excluding carboxylic acids is 1. The molecular formula is C20H32N4O3. The van der Waals surface area contributed by atoms with Crippen LogP contribution in [0.5, 0.6) is 0 Å². The van der Waals surface area contributed by atoms with Crippen molar-refractivity contribution in [2.75, 3.05) is 19.6 Å². The Labute approximate surface area is 161 Å². The van der Waals surface area contributed by atoms with Gasteiger partial charge in [-0.25, -0.2) is 0 Å². The Kier molecular flexibility index (Phi) is 6.52. The number of carbonyl (C=O) groups is 2. The van der Waals surface area contributed by atoms with Gasteiger partial charge in [0.1, 0.15) is 6.04 Å². The summed E-state index contributed by atoms with van der Waals surface area (Å²) in [4.78, 5) is 28.4. The van der Waals surface area contributed by atoms with Gasteiger partial charge in [0.2, 0.25) is 5.91 Å². The van der Waals surface area contributed by atoms with E-state index in [9.17, 15) is 14.7 Å². The standard InChI is InChI=1S/C20H32N4O3/c1-15(2)8-9-23-13-16(12-21-23)19(20(26)27)22-10-11-24(18(25)14-22)17-6-4-3-5-7-17/h12-13,15,17,19H,3-11,14H2,1-2H3,(H,26,27)/t19-/m0/s1. The number of hydrogen-bond donors (Lipinski definition) is 1. The average Bonchev–Trinajstić information content (AvgIpc) is 3.09. The summed E-state index contributed by atoms with van der Waals surface area (Å²) in [7, 11) is 0. The van der Waals surface area contributed by atoms with Crippen molar-refractivity contribution in [2.45, 2.75) is 71.0 Å². The first kappa shape index (κ1) is 19.9. The zero-order valence-electron chi connectivity index (χ0n) is 16.5. The van der Waals surface area contributed by atoms with Crippen molar-refractivity contribution in [1.29, 1.82) is 0 Å². The van der Waals surface area contributed by atoms with Gasteiger partial charge in [-0.05, 0) is 25.2 Å². The second-order valence-electron chi connectivity index (χ2n) is 8.31. The predicted octanol–water partition coefficient (Wildman–Crippen LogP) is 2.53. The van der Waals surface area contributed by atoms with E-state index in [-0.39, 0.29) is 12.5 Å². The fraction of sp³-hybridized carbons (Fsp3) is 0.750. The highest BCUT2D eigenvalue weighted by molar-refractivity contribution is 5.81. The van der Waals surface area contributed by atoms with Crippen LogP contribution in [0.2, 0.25) is 0 Å². The van der Waals surface area contributed by atoms with E-state index in [1.165, 1.54) is 19.3 Å². The first-order chi connectivity index (χ1) is 13.0. The van der Waals surface area contributed by atoms with Crippen molar-refractivity contribution in [3.8, 4) is 0 Å². The number of aromatic nitrogens is 2. The normalized spacial score (nSPS) is 21.0. The van der Waals surface area contributed by atoms with Crippen LogP contribution in [0.25, 0.3) is 0 Å². The third-order valence-corrected chi connectivity index (χ3v) is 5.81. The van der Waals surface area contributed by atoms with Gasteiger partial charge in [-0.1, -0.05) is 33.1 Å². The summed E-state index contributed by atoms with van der Waals surface area (Å²) in [6.07, 6.45) is 10.2. The molecule has 2 aliphatic rings. The maximum atomic E-state index is 12.7. The first-order valence-corrected chi connectivity index (χ1v) is 10.2. The van der Waals surface area contributed by atoms with E-state index in [1.807, 2.05) is 15.8 Å². The summed E-state index contributed by atoms with van der Waals surface area (Å²) >= 11 is 0. The van der Waals surface area contributed by atoms with Crippen molar-refractivity contribution in [3.05, 3.63) is 18.0 Å². The molecule has 1 aromatic heterocycles. The Morgan fingerprint density at radius 3 is 2.63 bits per heavy atom. The largest absolute Gasteiger partial charge is 0.480 e. The fourth-order valence-electron chi connectivity index (χ4n) is 4.25. The Hall–Kier alpha value is -1.89. The van der Waals surface area contributed by atoms with Crippen LogP contribution in [0.3, 0.4) is 0 Å². The molecule has 1 saturated heterocycles. The molecule has 1 saturated carbocycles. The minimum absolute atomic E-state index is 0.0617. The predicted molar refractivity (Wildman–Crippen MR) is 102 cm³/mol. The van der Waals surface area contributed by atoms with E-state index < -0.39 is 12.0 Å². The Morgan fingerprint density at radius 2 is 2.00 bits per heavy atom. The molecule has 0 aromatic carbocycles. The summed E-state index contributed by atoms with van der Waals surface area (Å²) in [5.41, 5.74) is 0.658. The van der Waals surface area contributed by atoms with Crippen LogP contribution in [-0.2, 0) is 16.1 Å². The molecule has 7 heteroatoms. The lowest BCUT2D eigenvalue weighted by molar-refractivity contribution is -0.149. The van der Waals surface area contributed by atoms with Gasteiger partial charge in [0, 0.05) is 37.4 Å². The number of aryl methyl sites for hydroxylation is 1. The molecule has 0 radical (unpaired) electrons. The molecule has 150 valence electrons. The average molecular weight is 377 g/mol. The molecule has 1 aromatic rings.